The van der Waals surface area contributed by atoms with Crippen molar-refractivity contribution >= 4 is 33.2 Å². The number of para-hydroxylation sites is 1. The van der Waals surface area contributed by atoms with Gasteiger partial charge in [-0.2, -0.15) is 0 Å². The number of carbonyl (C=O) groups is 1. The first-order chi connectivity index (χ1) is 11.9. The number of hydrogen-bond donors (Lipinski definition) is 1. The number of aryl methyl sites for hydroxylation is 1. The molecule has 0 radical (unpaired) electrons. The van der Waals surface area contributed by atoms with E-state index in [-0.39, 0.29) is 17.9 Å². The molecule has 5 nitrogen and oxygen atoms in total. The van der Waals surface area contributed by atoms with E-state index in [4.69, 9.17) is 17.3 Å². The highest BCUT2D eigenvalue weighted by atomic mass is 35.5. The molecule has 1 amide bonds. The monoisotopic (exact) mass is 380 g/mol. The molecule has 0 aliphatic heterocycles. The van der Waals surface area contributed by atoms with E-state index in [2.05, 4.69) is 0 Å². The lowest BCUT2D eigenvalue weighted by Crippen LogP contribution is -2.34. The number of amides is 1. The van der Waals surface area contributed by atoms with E-state index < -0.39 is 15.9 Å². The number of nitrogens with zero attached hydrogens (tertiary/aromatic N) is 1. The molecule has 0 aliphatic carbocycles. The molecule has 0 spiro atoms. The Morgan fingerprint density at radius 1 is 1.04 bits per heavy atom. The number of benzene rings is 2. The third kappa shape index (κ3) is 5.21. The third-order valence-electron chi connectivity index (χ3n) is 3.72. The van der Waals surface area contributed by atoms with Crippen molar-refractivity contribution in [1.29, 1.82) is 0 Å². The summed E-state index contributed by atoms with van der Waals surface area (Å²) in [6.45, 7) is -0.00429. The first kappa shape index (κ1) is 19.3. The molecule has 2 aromatic carbocycles. The van der Waals surface area contributed by atoms with Crippen molar-refractivity contribution < 1.29 is 13.2 Å². The Bertz CT molecular complexity index is 793. The number of alkyl halides is 1. The van der Waals surface area contributed by atoms with Crippen LogP contribution in [0, 0.1) is 0 Å². The zero-order valence-corrected chi connectivity index (χ0v) is 15.3. The number of primary amides is 1. The Labute approximate surface area is 153 Å². The van der Waals surface area contributed by atoms with Gasteiger partial charge in [-0.1, -0.05) is 30.3 Å². The molecule has 0 unspecified atom stereocenters. The van der Waals surface area contributed by atoms with E-state index in [0.29, 0.717) is 11.6 Å². The van der Waals surface area contributed by atoms with Crippen LogP contribution in [0.2, 0.25) is 0 Å². The maximum atomic E-state index is 13.0. The number of rotatable bonds is 9. The average molecular weight is 381 g/mol. The molecule has 0 saturated carbocycles. The van der Waals surface area contributed by atoms with Crippen LogP contribution in [0.1, 0.15) is 18.4 Å². The van der Waals surface area contributed by atoms with Gasteiger partial charge in [-0.25, -0.2) is 8.42 Å². The van der Waals surface area contributed by atoms with E-state index in [0.717, 1.165) is 18.4 Å². The summed E-state index contributed by atoms with van der Waals surface area (Å²) in [5.41, 5.74) is 6.72. The van der Waals surface area contributed by atoms with Crippen molar-refractivity contribution in [3.8, 4) is 0 Å². The minimum atomic E-state index is -3.79. The second kappa shape index (κ2) is 8.87. The second-order valence-corrected chi connectivity index (χ2v) is 7.81. The molecular weight excluding hydrogens is 360 g/mol. The molecule has 7 heteroatoms. The highest BCUT2D eigenvalue weighted by molar-refractivity contribution is 7.92. The number of nitrogens with two attached hydrogens (primary N) is 1. The molecule has 0 bridgehead atoms. The summed E-state index contributed by atoms with van der Waals surface area (Å²) in [6, 6.07) is 15.4. The summed E-state index contributed by atoms with van der Waals surface area (Å²) in [4.78, 5) is 11.3. The van der Waals surface area contributed by atoms with Gasteiger partial charge in [-0.05, 0) is 42.7 Å². The van der Waals surface area contributed by atoms with Crippen molar-refractivity contribution in [2.24, 2.45) is 5.73 Å². The highest BCUT2D eigenvalue weighted by Gasteiger charge is 2.25. The zero-order chi connectivity index (χ0) is 18.3. The van der Waals surface area contributed by atoms with Crippen LogP contribution in [-0.4, -0.2) is 26.7 Å². The quantitative estimate of drug-likeness (QED) is 0.679. The van der Waals surface area contributed by atoms with Gasteiger partial charge in [0.2, 0.25) is 5.91 Å². The predicted molar refractivity (Wildman–Crippen MR) is 100 cm³/mol. The summed E-state index contributed by atoms with van der Waals surface area (Å²) >= 11 is 5.68. The summed E-state index contributed by atoms with van der Waals surface area (Å²) in [5, 5.41) is 0. The summed E-state index contributed by atoms with van der Waals surface area (Å²) in [6.07, 6.45) is 1.58. The number of sulfonamides is 1. The molecule has 25 heavy (non-hydrogen) atoms. The van der Waals surface area contributed by atoms with Crippen molar-refractivity contribution in [3.05, 3.63) is 60.2 Å². The molecule has 2 rings (SSSR count). The van der Waals surface area contributed by atoms with Gasteiger partial charge in [-0.3, -0.25) is 9.10 Å². The van der Waals surface area contributed by atoms with Gasteiger partial charge in [0.1, 0.15) is 0 Å². The average Bonchev–Trinajstić information content (AvgIpc) is 2.61. The van der Waals surface area contributed by atoms with Crippen LogP contribution < -0.4 is 10.0 Å². The predicted octanol–water partition coefficient (Wildman–Crippen LogP) is 2.93. The summed E-state index contributed by atoms with van der Waals surface area (Å²) in [5.74, 6) is 0.0159. The van der Waals surface area contributed by atoms with Gasteiger partial charge in [0.25, 0.3) is 10.0 Å². The largest absolute Gasteiger partial charge is 0.370 e. The van der Waals surface area contributed by atoms with Gasteiger partial charge in [0.15, 0.2) is 0 Å². The normalized spacial score (nSPS) is 11.2. The van der Waals surface area contributed by atoms with Gasteiger partial charge in [0.05, 0.1) is 10.6 Å². The van der Waals surface area contributed by atoms with E-state index in [1.54, 1.807) is 54.6 Å². The van der Waals surface area contributed by atoms with E-state index in [1.165, 1.54) is 4.31 Å². The van der Waals surface area contributed by atoms with E-state index in [1.807, 2.05) is 0 Å². The molecule has 0 fully saturated rings. The number of hydrogen-bond acceptors (Lipinski definition) is 3. The third-order valence-corrected chi connectivity index (χ3v) is 5.82. The lowest BCUT2D eigenvalue weighted by atomic mass is 10.1. The molecular formula is C18H21ClN2O3S. The van der Waals surface area contributed by atoms with Crippen LogP contribution in [0.15, 0.2) is 59.5 Å². The molecule has 134 valence electrons. The number of carbonyl (C=O) groups excluding carboxylic acids is 1. The Morgan fingerprint density at radius 3 is 2.24 bits per heavy atom. The van der Waals surface area contributed by atoms with Crippen LogP contribution in [0.3, 0.4) is 0 Å². The van der Waals surface area contributed by atoms with Crippen LogP contribution in [-0.2, 0) is 21.2 Å². The van der Waals surface area contributed by atoms with Crippen molar-refractivity contribution in [2.45, 2.75) is 24.2 Å². The van der Waals surface area contributed by atoms with Crippen molar-refractivity contribution in [2.75, 3.05) is 16.7 Å². The summed E-state index contributed by atoms with van der Waals surface area (Å²) in [7, 11) is -3.79. The van der Waals surface area contributed by atoms with Gasteiger partial charge >= 0.3 is 0 Å². The Kier molecular flexibility index (Phi) is 6.84. The molecule has 2 N–H and O–H groups in total. The first-order valence-corrected chi connectivity index (χ1v) is 9.93. The Morgan fingerprint density at radius 2 is 1.68 bits per heavy atom. The smallest absolute Gasteiger partial charge is 0.264 e. The van der Waals surface area contributed by atoms with Crippen molar-refractivity contribution in [3.63, 3.8) is 0 Å². The second-order valence-electron chi connectivity index (χ2n) is 5.57. The zero-order valence-electron chi connectivity index (χ0n) is 13.8. The van der Waals surface area contributed by atoms with E-state index in [9.17, 15) is 13.2 Å². The van der Waals surface area contributed by atoms with Crippen LogP contribution in [0.4, 0.5) is 5.69 Å². The maximum Gasteiger partial charge on any atom is 0.264 e. The SMILES string of the molecule is NC(=O)CCN(c1ccccc1)S(=O)(=O)c1ccc(CCCCl)cc1. The minimum absolute atomic E-state index is 0.00429. The molecule has 0 saturated heterocycles. The topological polar surface area (TPSA) is 80.5 Å². The molecule has 0 aromatic heterocycles. The standard InChI is InChI=1S/C18H21ClN2O3S/c19-13-4-5-15-8-10-17(11-9-15)25(23,24)21(14-12-18(20)22)16-6-2-1-3-7-16/h1-3,6-11H,4-5,12-14H2,(H2,20,22). The highest BCUT2D eigenvalue weighted by Crippen LogP contribution is 2.24. The number of halogens is 1. The van der Waals surface area contributed by atoms with Crippen LogP contribution in [0.5, 0.6) is 0 Å². The maximum absolute atomic E-state index is 13.0. The van der Waals surface area contributed by atoms with E-state index >= 15 is 0 Å². The first-order valence-electron chi connectivity index (χ1n) is 7.96. The van der Waals surface area contributed by atoms with Crippen molar-refractivity contribution in [1.82, 2.24) is 0 Å². The molecule has 0 heterocycles. The fourth-order valence-corrected chi connectivity index (χ4v) is 4.02. The fourth-order valence-electron chi connectivity index (χ4n) is 2.42. The Balaban J connectivity index is 2.32. The molecule has 0 atom stereocenters. The van der Waals surface area contributed by atoms with Gasteiger partial charge < -0.3 is 5.73 Å². The lowest BCUT2D eigenvalue weighted by Gasteiger charge is -2.24. The fraction of sp³-hybridized carbons (Fsp3) is 0.278. The minimum Gasteiger partial charge on any atom is -0.370 e. The molecule has 0 aliphatic rings. The lowest BCUT2D eigenvalue weighted by molar-refractivity contribution is -0.117. The summed E-state index contributed by atoms with van der Waals surface area (Å²) < 4.78 is 27.3. The van der Waals surface area contributed by atoms with Crippen LogP contribution >= 0.6 is 11.6 Å². The number of anilines is 1. The molecule has 2 aromatic rings. The van der Waals surface area contributed by atoms with Gasteiger partial charge in [0, 0.05) is 18.8 Å². The van der Waals surface area contributed by atoms with Gasteiger partial charge in [-0.15, -0.1) is 11.6 Å². The Hall–Kier alpha value is -2.05. The van der Waals surface area contributed by atoms with Crippen LogP contribution in [0.25, 0.3) is 0 Å².